The molecule has 0 aromatic rings. The van der Waals surface area contributed by atoms with E-state index in [0.29, 0.717) is 0 Å². The van der Waals surface area contributed by atoms with Gasteiger partial charge in [0.2, 0.25) is 5.66 Å². The minimum Gasteiger partial charge on any atom is -0.169 e. The summed E-state index contributed by atoms with van der Waals surface area (Å²) in [7, 11) is -5.23. The first-order valence-electron chi connectivity index (χ1n) is 3.95. The van der Waals surface area contributed by atoms with Gasteiger partial charge in [-0.05, 0) is 0 Å². The molecular formula is C5HF12N2P. The lowest BCUT2D eigenvalue weighted by Crippen LogP contribution is -2.38. The van der Waals surface area contributed by atoms with E-state index in [1.54, 1.807) is 0 Å². The molecule has 1 unspecified atom stereocenters. The Morgan fingerprint density at radius 1 is 0.550 bits per heavy atom. The van der Waals surface area contributed by atoms with Crippen LogP contribution in [-0.2, 0) is 0 Å². The van der Waals surface area contributed by atoms with Crippen LogP contribution in [0.5, 0.6) is 0 Å². The Kier molecular flexibility index (Phi) is 5.19. The molecule has 15 heteroatoms. The quantitative estimate of drug-likeness (QED) is 0.346. The molecule has 0 aliphatic carbocycles. The largest absolute Gasteiger partial charge is 0.507 e. The highest BCUT2D eigenvalue weighted by Crippen LogP contribution is 2.49. The zero-order valence-corrected chi connectivity index (χ0v) is 9.35. The maximum Gasteiger partial charge on any atom is 0.507 e. The van der Waals surface area contributed by atoms with E-state index in [0.717, 1.165) is 9.49 Å². The van der Waals surface area contributed by atoms with Crippen molar-refractivity contribution in [2.75, 3.05) is 0 Å². The van der Waals surface area contributed by atoms with Gasteiger partial charge in [-0.1, -0.05) is 0 Å². The number of nitrogens with zero attached hydrogens (tertiary/aromatic N) is 2. The first kappa shape index (κ1) is 19.1. The molecule has 0 aromatic carbocycles. The van der Waals surface area contributed by atoms with E-state index >= 15 is 0 Å². The summed E-state index contributed by atoms with van der Waals surface area (Å²) in [5.74, 6) is 0. The SMILES string of the molecule is FC(F)(F)/N=P(=N/C(F)(F)F)/C(C(F)(F)F)C(F)(F)F. The zero-order chi connectivity index (χ0) is 16.6. The van der Waals surface area contributed by atoms with Crippen molar-refractivity contribution in [1.82, 2.24) is 0 Å². The lowest BCUT2D eigenvalue weighted by molar-refractivity contribution is -0.225. The molecule has 0 aliphatic rings. The predicted molar refractivity (Wildman–Crippen MR) is 39.8 cm³/mol. The van der Waals surface area contributed by atoms with E-state index in [4.69, 9.17) is 0 Å². The minimum atomic E-state index is -6.42. The van der Waals surface area contributed by atoms with Gasteiger partial charge in [-0.3, -0.25) is 0 Å². The van der Waals surface area contributed by atoms with Crippen molar-refractivity contribution in [2.24, 2.45) is 9.49 Å². The van der Waals surface area contributed by atoms with E-state index in [9.17, 15) is 52.7 Å². The van der Waals surface area contributed by atoms with Gasteiger partial charge in [0.1, 0.15) is 0 Å². The Hall–Kier alpha value is -0.940. The average molecular weight is 348 g/mol. The van der Waals surface area contributed by atoms with Crippen LogP contribution < -0.4 is 0 Å². The molecular weight excluding hydrogens is 347 g/mol. The Balaban J connectivity index is 6.25. The van der Waals surface area contributed by atoms with E-state index in [-0.39, 0.29) is 0 Å². The van der Waals surface area contributed by atoms with Crippen molar-refractivity contribution in [3.8, 4) is 0 Å². The van der Waals surface area contributed by atoms with Crippen LogP contribution in [0.25, 0.3) is 0 Å². The van der Waals surface area contributed by atoms with E-state index in [1.807, 2.05) is 0 Å². The van der Waals surface area contributed by atoms with Crippen LogP contribution in [0.15, 0.2) is 9.49 Å². The summed E-state index contributed by atoms with van der Waals surface area (Å²) in [6.07, 6.45) is -24.9. The molecule has 2 nitrogen and oxygen atoms in total. The zero-order valence-electron chi connectivity index (χ0n) is 8.45. The van der Waals surface area contributed by atoms with Gasteiger partial charge < -0.3 is 0 Å². The van der Waals surface area contributed by atoms with Crippen LogP contribution in [0.3, 0.4) is 0 Å². The van der Waals surface area contributed by atoms with Crippen molar-refractivity contribution in [3.05, 3.63) is 0 Å². The molecule has 20 heavy (non-hydrogen) atoms. The highest BCUT2D eigenvalue weighted by atomic mass is 31.1. The van der Waals surface area contributed by atoms with Gasteiger partial charge in [0.15, 0.2) is 0 Å². The Bertz CT molecular complexity index is 379. The molecule has 0 bridgehead atoms. The Labute approximate surface area is 101 Å². The predicted octanol–water partition coefficient (Wildman–Crippen LogP) is 5.37. The monoisotopic (exact) mass is 348 g/mol. The van der Waals surface area contributed by atoms with Gasteiger partial charge in [-0.2, -0.15) is 35.8 Å². The summed E-state index contributed by atoms with van der Waals surface area (Å²) in [5, 5.41) is 0. The fourth-order valence-electron chi connectivity index (χ4n) is 0.818. The molecule has 1 atom stereocenters. The first-order chi connectivity index (χ1) is 8.43. The first-order valence-corrected chi connectivity index (χ1v) is 5.27. The molecule has 0 heterocycles. The molecule has 0 aromatic heterocycles. The third-order valence-corrected chi connectivity index (χ3v) is 3.19. The fourth-order valence-corrected chi connectivity index (χ4v) is 2.08. The van der Waals surface area contributed by atoms with Crippen molar-refractivity contribution in [1.29, 1.82) is 0 Å². The lowest BCUT2D eigenvalue weighted by Gasteiger charge is -2.20. The topological polar surface area (TPSA) is 24.7 Å². The van der Waals surface area contributed by atoms with Gasteiger partial charge >= 0.3 is 25.0 Å². The van der Waals surface area contributed by atoms with Crippen molar-refractivity contribution in [2.45, 2.75) is 30.6 Å². The summed E-state index contributed by atoms with van der Waals surface area (Å²) in [6, 6.07) is 0. The van der Waals surface area contributed by atoms with Gasteiger partial charge in [-0.15, -0.1) is 26.3 Å². The summed E-state index contributed by atoms with van der Waals surface area (Å²) in [4.78, 5) is 0. The van der Waals surface area contributed by atoms with Crippen LogP contribution in [0.2, 0.25) is 0 Å². The molecule has 0 spiro atoms. The third-order valence-electron chi connectivity index (χ3n) is 1.28. The van der Waals surface area contributed by atoms with Gasteiger partial charge in [0.05, 0.1) is 7.51 Å². The maximum atomic E-state index is 12.1. The number of hydrogen-bond donors (Lipinski definition) is 0. The van der Waals surface area contributed by atoms with E-state index < -0.39 is 38.1 Å². The van der Waals surface area contributed by atoms with Crippen LogP contribution in [0.1, 0.15) is 0 Å². The summed E-state index contributed by atoms with van der Waals surface area (Å²) in [6.45, 7) is 0. The van der Waals surface area contributed by atoms with Crippen molar-refractivity contribution in [3.63, 3.8) is 0 Å². The number of hydrogen-bond acceptors (Lipinski definition) is 2. The second-order valence-electron chi connectivity index (χ2n) is 2.94. The summed E-state index contributed by atoms with van der Waals surface area (Å²) < 4.78 is 145. The molecule has 0 saturated heterocycles. The Morgan fingerprint density at radius 2 is 0.800 bits per heavy atom. The van der Waals surface area contributed by atoms with E-state index in [2.05, 4.69) is 0 Å². The van der Waals surface area contributed by atoms with Crippen molar-refractivity contribution < 1.29 is 52.7 Å². The molecule has 120 valence electrons. The lowest BCUT2D eigenvalue weighted by atomic mass is 10.4. The van der Waals surface area contributed by atoms with Crippen molar-refractivity contribution >= 4 is 7.51 Å². The second-order valence-corrected chi connectivity index (χ2v) is 4.50. The second kappa shape index (κ2) is 5.45. The number of rotatable bonds is 1. The maximum absolute atomic E-state index is 12.1. The normalized spacial score (nSPS) is 16.1. The Morgan fingerprint density at radius 3 is 0.950 bits per heavy atom. The molecule has 0 aliphatic heterocycles. The van der Waals surface area contributed by atoms with Crippen LogP contribution in [0.4, 0.5) is 52.7 Å². The van der Waals surface area contributed by atoms with Gasteiger partial charge in [0, 0.05) is 0 Å². The molecule has 0 radical (unpaired) electrons. The highest BCUT2D eigenvalue weighted by Gasteiger charge is 2.59. The number of halogens is 12. The molecule has 0 rings (SSSR count). The molecule has 0 fully saturated rings. The average Bonchev–Trinajstić information content (AvgIpc) is 1.87. The third kappa shape index (κ3) is 7.01. The van der Waals surface area contributed by atoms with Gasteiger partial charge in [0.25, 0.3) is 0 Å². The molecule has 0 N–H and O–H groups in total. The molecule has 0 amide bonds. The summed E-state index contributed by atoms with van der Waals surface area (Å²) in [5.41, 5.74) is -4.96. The van der Waals surface area contributed by atoms with E-state index in [1.165, 1.54) is 0 Å². The fraction of sp³-hybridized carbons (Fsp3) is 1.00. The smallest absolute Gasteiger partial charge is 0.169 e. The molecule has 0 saturated carbocycles. The van der Waals surface area contributed by atoms with Crippen LogP contribution in [0, 0.1) is 0 Å². The highest BCUT2D eigenvalue weighted by molar-refractivity contribution is 7.37. The van der Waals surface area contributed by atoms with Crippen LogP contribution in [-0.4, -0.2) is 30.6 Å². The standard InChI is InChI=1S/C5HF12N2P/c6-2(7,8)1(3(9,10)11)20(18-4(12,13)14)19-5(15,16)17/h1H. The number of alkyl halides is 12. The van der Waals surface area contributed by atoms with Crippen LogP contribution >= 0.6 is 7.51 Å². The van der Waals surface area contributed by atoms with Gasteiger partial charge in [-0.25, -0.2) is 0 Å². The summed E-state index contributed by atoms with van der Waals surface area (Å²) >= 11 is 0. The minimum absolute atomic E-state index is 0.966.